The van der Waals surface area contributed by atoms with E-state index in [9.17, 15) is 59.4 Å². The maximum absolute atomic E-state index is 9.49. The van der Waals surface area contributed by atoms with Gasteiger partial charge in [-0.15, -0.1) is 0 Å². The third-order valence-electron chi connectivity index (χ3n) is 2.09. The van der Waals surface area contributed by atoms with Gasteiger partial charge < -0.3 is 59.4 Å². The molecule has 0 unspecified atom stereocenters. The first-order valence-electron chi connectivity index (χ1n) is 9.07. The number of rotatable bonds is 6. The standard InChI is InChI=1S/6C4H6O2.Zn.Zr/c6*1-3(2)4(5)6;;/h6*1H2,2H3,(H,5,6);;/q;;;;;;+2;+4/p-6. The fourth-order valence-corrected chi connectivity index (χ4v) is 0. The molecule has 0 rings (SSSR count). The molecule has 0 aromatic rings. The molecule has 0 bridgehead atoms. The Hall–Kier alpha value is -3.23. The van der Waals surface area contributed by atoms with Crippen LogP contribution in [0.3, 0.4) is 0 Å². The molecule has 38 heavy (non-hydrogen) atoms. The van der Waals surface area contributed by atoms with Gasteiger partial charge >= 0.3 is 45.7 Å². The van der Waals surface area contributed by atoms with Crippen molar-refractivity contribution in [2.45, 2.75) is 41.5 Å². The number of carbonyl (C=O) groups is 6. The number of carbonyl (C=O) groups excluding carboxylic acids is 6. The Morgan fingerprint density at radius 2 is 0.368 bits per heavy atom. The molecule has 0 aliphatic heterocycles. The third-order valence-corrected chi connectivity index (χ3v) is 2.09. The van der Waals surface area contributed by atoms with Crippen LogP contribution in [0, 0.1) is 0 Å². The zero-order valence-electron chi connectivity index (χ0n) is 22.3. The van der Waals surface area contributed by atoms with E-state index in [1.807, 2.05) is 0 Å². The summed E-state index contributed by atoms with van der Waals surface area (Å²) in [7, 11) is 0. The van der Waals surface area contributed by atoms with Crippen LogP contribution in [0.1, 0.15) is 41.5 Å². The van der Waals surface area contributed by atoms with Gasteiger partial charge in [-0.2, -0.15) is 0 Å². The molecule has 0 aliphatic carbocycles. The first-order valence-corrected chi connectivity index (χ1v) is 9.07. The quantitative estimate of drug-likeness (QED) is 0.194. The van der Waals surface area contributed by atoms with Crippen molar-refractivity contribution in [3.63, 3.8) is 0 Å². The molecule has 0 atom stereocenters. The van der Waals surface area contributed by atoms with Gasteiger partial charge in [-0.3, -0.25) is 0 Å². The molecule has 0 aromatic heterocycles. The topological polar surface area (TPSA) is 241 Å². The Bertz CT molecular complexity index is 629. The molecule has 0 spiro atoms. The number of carboxylic acid groups (broad SMARTS) is 6. The minimum Gasteiger partial charge on any atom is -0.545 e. The average molecular weight is 667 g/mol. The van der Waals surface area contributed by atoms with E-state index in [0.29, 0.717) is 0 Å². The number of hydrogen-bond donors (Lipinski definition) is 0. The summed E-state index contributed by atoms with van der Waals surface area (Å²) in [5.74, 6) is -7.11. The SMILES string of the molecule is C=C(C)C(=O)[O-].C=C(C)C(=O)[O-].C=C(C)C(=O)[O-].C=C(C)C(=O)[O-].C=C(C)C(=O)[O-].C=C(C)C(=O)[O-].[Zn+2].[Zr+4]. The third kappa shape index (κ3) is 76.7. The van der Waals surface area contributed by atoms with E-state index >= 15 is 0 Å². The first kappa shape index (κ1) is 55.3. The van der Waals surface area contributed by atoms with Crippen molar-refractivity contribution in [3.05, 3.63) is 72.9 Å². The Balaban J connectivity index is -0.0000000469. The molecule has 12 nitrogen and oxygen atoms in total. The van der Waals surface area contributed by atoms with E-state index in [0.717, 1.165) is 0 Å². The molecule has 0 fully saturated rings. The minimum atomic E-state index is -1.19. The Morgan fingerprint density at radius 1 is 0.342 bits per heavy atom. The maximum atomic E-state index is 9.49. The van der Waals surface area contributed by atoms with Crippen LogP contribution in [0.4, 0.5) is 0 Å². The molecule has 0 radical (unpaired) electrons. The second kappa shape index (κ2) is 33.8. The predicted molar refractivity (Wildman–Crippen MR) is 119 cm³/mol. The van der Waals surface area contributed by atoms with Crippen molar-refractivity contribution in [2.24, 2.45) is 0 Å². The molecule has 0 saturated heterocycles. The minimum absolute atomic E-state index is 0. The zero-order valence-corrected chi connectivity index (χ0v) is 27.8. The molecule has 0 heterocycles. The van der Waals surface area contributed by atoms with Crippen molar-refractivity contribution >= 4 is 35.8 Å². The molecule has 0 amide bonds. The van der Waals surface area contributed by atoms with Crippen LogP contribution >= 0.6 is 0 Å². The number of aliphatic carboxylic acids is 6. The van der Waals surface area contributed by atoms with Crippen LogP contribution in [0.2, 0.25) is 0 Å². The fraction of sp³-hybridized carbons (Fsp3) is 0.250. The van der Waals surface area contributed by atoms with Gasteiger partial charge in [-0.05, 0) is 75.0 Å². The first-order chi connectivity index (χ1) is 15.9. The van der Waals surface area contributed by atoms with Gasteiger partial charge in [0, 0.05) is 0 Å². The van der Waals surface area contributed by atoms with Crippen LogP contribution < -0.4 is 30.6 Å². The summed E-state index contributed by atoms with van der Waals surface area (Å²) in [6.07, 6.45) is 0. The van der Waals surface area contributed by atoms with Gasteiger partial charge in [0.2, 0.25) is 0 Å². The molecule has 0 saturated carbocycles. The van der Waals surface area contributed by atoms with Crippen LogP contribution in [-0.4, -0.2) is 35.8 Å². The van der Waals surface area contributed by atoms with E-state index in [2.05, 4.69) is 39.5 Å². The van der Waals surface area contributed by atoms with E-state index in [4.69, 9.17) is 0 Å². The van der Waals surface area contributed by atoms with Gasteiger partial charge in [-0.1, -0.05) is 39.5 Å². The molecule has 0 aliphatic rings. The zero-order chi connectivity index (χ0) is 30.9. The smallest absolute Gasteiger partial charge is 0.545 e. The Kier molecular flexibility index (Phi) is 49.2. The summed E-state index contributed by atoms with van der Waals surface area (Å²) in [4.78, 5) is 56.9. The number of hydrogen-bond acceptors (Lipinski definition) is 12. The van der Waals surface area contributed by atoms with Crippen molar-refractivity contribution in [2.75, 3.05) is 0 Å². The molecule has 0 N–H and O–H groups in total. The predicted octanol–water partition coefficient (Wildman–Crippen LogP) is -4.13. The normalized spacial score (nSPS) is 7.11. The van der Waals surface area contributed by atoms with Crippen molar-refractivity contribution < 1.29 is 105 Å². The van der Waals surface area contributed by atoms with Crippen LogP contribution in [0.15, 0.2) is 72.9 Å². The summed E-state index contributed by atoms with van der Waals surface area (Å²) in [6, 6.07) is 0. The Morgan fingerprint density at radius 3 is 0.368 bits per heavy atom. The average Bonchev–Trinajstić information content (AvgIpc) is 2.69. The molecule has 204 valence electrons. The summed E-state index contributed by atoms with van der Waals surface area (Å²) in [5.41, 5.74) is 0.389. The second-order valence-corrected chi connectivity index (χ2v) is 6.41. The summed E-state index contributed by atoms with van der Waals surface area (Å²) >= 11 is 0. The van der Waals surface area contributed by atoms with Gasteiger partial charge in [-0.25, -0.2) is 0 Å². The van der Waals surface area contributed by atoms with Gasteiger partial charge in [0.25, 0.3) is 0 Å². The second-order valence-electron chi connectivity index (χ2n) is 6.41. The van der Waals surface area contributed by atoms with Crippen LogP contribution in [0.5, 0.6) is 0 Å². The van der Waals surface area contributed by atoms with Gasteiger partial charge in [0.15, 0.2) is 0 Å². The van der Waals surface area contributed by atoms with E-state index in [1.165, 1.54) is 41.5 Å². The summed E-state index contributed by atoms with van der Waals surface area (Å²) in [5, 5.41) is 56.9. The van der Waals surface area contributed by atoms with Crippen molar-refractivity contribution in [1.82, 2.24) is 0 Å². The fourth-order valence-electron chi connectivity index (χ4n) is 0. The van der Waals surface area contributed by atoms with E-state index in [-0.39, 0.29) is 79.1 Å². The Labute approximate surface area is 254 Å². The van der Waals surface area contributed by atoms with Crippen molar-refractivity contribution in [1.29, 1.82) is 0 Å². The maximum Gasteiger partial charge on any atom is 4.00 e. The van der Waals surface area contributed by atoms with Crippen LogP contribution in [-0.2, 0) is 74.4 Å². The van der Waals surface area contributed by atoms with Gasteiger partial charge in [0.05, 0.1) is 35.8 Å². The molecule has 0 aromatic carbocycles. The van der Waals surface area contributed by atoms with Crippen molar-refractivity contribution in [3.8, 4) is 0 Å². The monoisotopic (exact) mass is 664 g/mol. The summed E-state index contributed by atoms with van der Waals surface area (Å²) in [6.45, 7) is 26.9. The summed E-state index contributed by atoms with van der Waals surface area (Å²) < 4.78 is 0. The van der Waals surface area contributed by atoms with E-state index < -0.39 is 35.8 Å². The largest absolute Gasteiger partial charge is 4.00 e. The molecular weight excluding hydrogens is 637 g/mol. The molecule has 14 heteroatoms. The van der Waals surface area contributed by atoms with Gasteiger partial charge in [0.1, 0.15) is 0 Å². The number of carboxylic acids is 6. The molecular formula is C24H30O12ZnZr. The van der Waals surface area contributed by atoms with E-state index in [1.54, 1.807) is 0 Å². The van der Waals surface area contributed by atoms with Crippen LogP contribution in [0.25, 0.3) is 0 Å².